The van der Waals surface area contributed by atoms with Gasteiger partial charge in [0.25, 0.3) is 0 Å². The lowest BCUT2D eigenvalue weighted by Gasteiger charge is -2.21. The number of aromatic carboxylic acids is 1. The molecule has 0 saturated heterocycles. The number of rotatable bonds is 5. The molecule has 3 rings (SSSR count). The standard InChI is InChI=1S/C17H21NO2S/c19-17(20)16-14(13-8-4-5-9-15(13)21-16)11-18-10-12-6-2-1-3-7-12/h4-5,8-9,12,18H,1-3,6-7,10-11H2,(H,19,20). The van der Waals surface area contributed by atoms with Gasteiger partial charge in [-0.3, -0.25) is 0 Å². The molecule has 1 heterocycles. The van der Waals surface area contributed by atoms with Crippen molar-refractivity contribution in [1.29, 1.82) is 0 Å². The molecule has 1 aromatic carbocycles. The molecule has 2 N–H and O–H groups in total. The third-order valence-corrected chi connectivity index (χ3v) is 5.55. The Kier molecular flexibility index (Phi) is 4.56. The second kappa shape index (κ2) is 6.58. The first-order valence-electron chi connectivity index (χ1n) is 7.70. The predicted octanol–water partition coefficient (Wildman–Crippen LogP) is 4.27. The van der Waals surface area contributed by atoms with Crippen LogP contribution in [0.5, 0.6) is 0 Å². The van der Waals surface area contributed by atoms with Crippen LogP contribution in [0.4, 0.5) is 0 Å². The van der Waals surface area contributed by atoms with E-state index in [2.05, 4.69) is 5.32 Å². The van der Waals surface area contributed by atoms with Gasteiger partial charge < -0.3 is 10.4 Å². The van der Waals surface area contributed by atoms with Crippen LogP contribution in [0.25, 0.3) is 10.1 Å². The minimum Gasteiger partial charge on any atom is -0.477 e. The van der Waals surface area contributed by atoms with Crippen LogP contribution in [0.1, 0.15) is 47.3 Å². The molecule has 0 amide bonds. The van der Waals surface area contributed by atoms with Crippen LogP contribution in [0, 0.1) is 5.92 Å². The molecule has 0 unspecified atom stereocenters. The molecule has 0 bridgehead atoms. The van der Waals surface area contributed by atoms with Crippen molar-refractivity contribution in [2.24, 2.45) is 5.92 Å². The normalized spacial score (nSPS) is 16.4. The Balaban J connectivity index is 1.72. The Bertz CT molecular complexity index is 629. The van der Waals surface area contributed by atoms with Crippen molar-refractivity contribution < 1.29 is 9.90 Å². The monoisotopic (exact) mass is 303 g/mol. The fraction of sp³-hybridized carbons (Fsp3) is 0.471. The number of fused-ring (bicyclic) bond motifs is 1. The molecule has 1 aliphatic carbocycles. The third-order valence-electron chi connectivity index (χ3n) is 4.35. The molecule has 1 fully saturated rings. The van der Waals surface area contributed by atoms with Gasteiger partial charge in [0, 0.05) is 11.2 Å². The summed E-state index contributed by atoms with van der Waals surface area (Å²) in [4.78, 5) is 11.9. The summed E-state index contributed by atoms with van der Waals surface area (Å²) in [5.41, 5.74) is 0.943. The Hall–Kier alpha value is -1.39. The van der Waals surface area contributed by atoms with Gasteiger partial charge in [0.2, 0.25) is 0 Å². The van der Waals surface area contributed by atoms with Crippen molar-refractivity contribution in [2.75, 3.05) is 6.54 Å². The van der Waals surface area contributed by atoms with E-state index in [1.807, 2.05) is 24.3 Å². The predicted molar refractivity (Wildman–Crippen MR) is 87.1 cm³/mol. The van der Waals surface area contributed by atoms with Crippen LogP contribution in [0.2, 0.25) is 0 Å². The summed E-state index contributed by atoms with van der Waals surface area (Å²) in [6, 6.07) is 7.96. The number of nitrogens with one attached hydrogen (secondary N) is 1. The van der Waals surface area contributed by atoms with Crippen molar-refractivity contribution in [3.63, 3.8) is 0 Å². The Morgan fingerprint density at radius 3 is 2.76 bits per heavy atom. The first-order chi connectivity index (χ1) is 10.3. The Labute approximate surface area is 129 Å². The van der Waals surface area contributed by atoms with E-state index in [9.17, 15) is 9.90 Å². The van der Waals surface area contributed by atoms with Crippen LogP contribution in [-0.2, 0) is 6.54 Å². The van der Waals surface area contributed by atoms with Crippen LogP contribution in [0.3, 0.4) is 0 Å². The highest BCUT2D eigenvalue weighted by atomic mass is 32.1. The maximum absolute atomic E-state index is 11.4. The molecule has 1 aromatic heterocycles. The van der Waals surface area contributed by atoms with Gasteiger partial charge in [-0.15, -0.1) is 11.3 Å². The second-order valence-electron chi connectivity index (χ2n) is 5.85. The van der Waals surface area contributed by atoms with E-state index in [-0.39, 0.29) is 0 Å². The van der Waals surface area contributed by atoms with Crippen LogP contribution in [0.15, 0.2) is 24.3 Å². The summed E-state index contributed by atoms with van der Waals surface area (Å²) >= 11 is 1.38. The van der Waals surface area contributed by atoms with Crippen molar-refractivity contribution in [2.45, 2.75) is 38.6 Å². The van der Waals surface area contributed by atoms with E-state index in [0.717, 1.165) is 28.1 Å². The van der Waals surface area contributed by atoms with Gasteiger partial charge in [0.05, 0.1) is 0 Å². The van der Waals surface area contributed by atoms with E-state index < -0.39 is 5.97 Å². The van der Waals surface area contributed by atoms with E-state index in [4.69, 9.17) is 0 Å². The number of hydrogen-bond acceptors (Lipinski definition) is 3. The van der Waals surface area contributed by atoms with Gasteiger partial charge in [0.15, 0.2) is 0 Å². The molecule has 0 atom stereocenters. The molecule has 0 radical (unpaired) electrons. The number of carboxylic acid groups (broad SMARTS) is 1. The molecule has 4 heteroatoms. The average molecular weight is 303 g/mol. The SMILES string of the molecule is O=C(O)c1sc2ccccc2c1CNCC1CCCCC1. The Morgan fingerprint density at radius 1 is 1.24 bits per heavy atom. The maximum Gasteiger partial charge on any atom is 0.346 e. The largest absolute Gasteiger partial charge is 0.477 e. The fourth-order valence-electron chi connectivity index (χ4n) is 3.24. The zero-order valence-electron chi connectivity index (χ0n) is 12.1. The number of thiophene rings is 1. The topological polar surface area (TPSA) is 49.3 Å². The summed E-state index contributed by atoms with van der Waals surface area (Å²) in [6.45, 7) is 1.66. The second-order valence-corrected chi connectivity index (χ2v) is 6.90. The minimum absolute atomic E-state index is 0.479. The molecule has 2 aromatic rings. The van der Waals surface area contributed by atoms with Gasteiger partial charge in [-0.1, -0.05) is 37.5 Å². The van der Waals surface area contributed by atoms with Gasteiger partial charge in [-0.05, 0) is 42.3 Å². The number of benzene rings is 1. The van der Waals surface area contributed by atoms with E-state index in [1.54, 1.807) is 0 Å². The molecule has 1 aliphatic rings. The maximum atomic E-state index is 11.4. The first-order valence-corrected chi connectivity index (χ1v) is 8.52. The van der Waals surface area contributed by atoms with E-state index in [0.29, 0.717) is 11.4 Å². The lowest BCUT2D eigenvalue weighted by atomic mass is 9.89. The number of hydrogen-bond donors (Lipinski definition) is 2. The van der Waals surface area contributed by atoms with Gasteiger partial charge in [-0.25, -0.2) is 4.79 Å². The highest BCUT2D eigenvalue weighted by molar-refractivity contribution is 7.21. The summed E-state index contributed by atoms with van der Waals surface area (Å²) in [6.07, 6.45) is 6.67. The third kappa shape index (κ3) is 3.27. The highest BCUT2D eigenvalue weighted by Gasteiger charge is 2.18. The van der Waals surface area contributed by atoms with Crippen LogP contribution in [-0.4, -0.2) is 17.6 Å². The fourth-order valence-corrected chi connectivity index (χ4v) is 4.30. The van der Waals surface area contributed by atoms with Crippen molar-refractivity contribution >= 4 is 27.4 Å². The Morgan fingerprint density at radius 2 is 2.00 bits per heavy atom. The van der Waals surface area contributed by atoms with Crippen molar-refractivity contribution in [1.82, 2.24) is 5.32 Å². The quantitative estimate of drug-likeness (QED) is 0.867. The van der Waals surface area contributed by atoms with Gasteiger partial charge in [0.1, 0.15) is 4.88 Å². The average Bonchev–Trinajstić information content (AvgIpc) is 2.88. The summed E-state index contributed by atoms with van der Waals surface area (Å²) in [5.74, 6) is -0.0532. The molecular weight excluding hydrogens is 282 g/mol. The first kappa shape index (κ1) is 14.5. The molecular formula is C17H21NO2S. The van der Waals surface area contributed by atoms with Gasteiger partial charge >= 0.3 is 5.97 Å². The summed E-state index contributed by atoms with van der Waals surface area (Å²) in [5, 5.41) is 14.0. The summed E-state index contributed by atoms with van der Waals surface area (Å²) in [7, 11) is 0. The smallest absolute Gasteiger partial charge is 0.346 e. The number of carbonyl (C=O) groups is 1. The lowest BCUT2D eigenvalue weighted by molar-refractivity contribution is 0.0701. The van der Waals surface area contributed by atoms with E-state index in [1.165, 1.54) is 43.4 Å². The van der Waals surface area contributed by atoms with Crippen LogP contribution < -0.4 is 5.32 Å². The molecule has 21 heavy (non-hydrogen) atoms. The highest BCUT2D eigenvalue weighted by Crippen LogP contribution is 2.31. The molecule has 0 spiro atoms. The van der Waals surface area contributed by atoms with Crippen LogP contribution >= 0.6 is 11.3 Å². The molecule has 112 valence electrons. The van der Waals surface area contributed by atoms with Gasteiger partial charge in [-0.2, -0.15) is 0 Å². The summed E-state index contributed by atoms with van der Waals surface area (Å²) < 4.78 is 1.06. The zero-order valence-corrected chi connectivity index (χ0v) is 12.9. The number of carboxylic acids is 1. The lowest BCUT2D eigenvalue weighted by Crippen LogP contribution is -2.24. The molecule has 1 saturated carbocycles. The van der Waals surface area contributed by atoms with E-state index >= 15 is 0 Å². The van der Waals surface area contributed by atoms with Crippen molar-refractivity contribution in [3.05, 3.63) is 34.7 Å². The molecule has 0 aliphatic heterocycles. The minimum atomic E-state index is -0.814. The van der Waals surface area contributed by atoms with Crippen molar-refractivity contribution in [3.8, 4) is 0 Å². The zero-order chi connectivity index (χ0) is 14.7. The molecule has 3 nitrogen and oxygen atoms in total.